The molecule has 1 rings (SSSR count). The molecule has 0 aliphatic heterocycles. The number of hydrogen-bond donors (Lipinski definition) is 1. The van der Waals surface area contributed by atoms with Crippen LogP contribution in [0.3, 0.4) is 0 Å². The highest BCUT2D eigenvalue weighted by Crippen LogP contribution is 2.20. The van der Waals surface area contributed by atoms with Gasteiger partial charge in [0.1, 0.15) is 6.07 Å². The normalized spacial score (nSPS) is 11.4. The molecule has 2 nitrogen and oxygen atoms in total. The molecule has 0 unspecified atom stereocenters. The van der Waals surface area contributed by atoms with Crippen molar-refractivity contribution in [2.45, 2.75) is 25.6 Å². The quantitative estimate of drug-likeness (QED) is 0.813. The van der Waals surface area contributed by atoms with Gasteiger partial charge in [0.15, 0.2) is 0 Å². The monoisotopic (exact) mass is 248 g/mol. The molecule has 1 aromatic heterocycles. The average Bonchev–Trinajstić information content (AvgIpc) is 2.63. The summed E-state index contributed by atoms with van der Waals surface area (Å²) in [6.45, 7) is 0.851. The summed E-state index contributed by atoms with van der Waals surface area (Å²) in [5.74, 6) is 0. The van der Waals surface area contributed by atoms with E-state index in [0.29, 0.717) is 18.7 Å². The Morgan fingerprint density at radius 1 is 1.44 bits per heavy atom. The third-order valence-electron chi connectivity index (χ3n) is 1.90. The second kappa shape index (κ2) is 5.87. The highest BCUT2D eigenvalue weighted by atomic mass is 32.1. The second-order valence-electron chi connectivity index (χ2n) is 3.31. The molecule has 88 valence electrons. The van der Waals surface area contributed by atoms with Crippen molar-refractivity contribution in [1.29, 1.82) is 5.26 Å². The van der Waals surface area contributed by atoms with Crippen LogP contribution >= 0.6 is 11.3 Å². The lowest BCUT2D eigenvalue weighted by atomic mass is 10.3. The summed E-state index contributed by atoms with van der Waals surface area (Å²) in [5.41, 5.74) is 0.595. The third-order valence-corrected chi connectivity index (χ3v) is 2.83. The van der Waals surface area contributed by atoms with Crippen LogP contribution in [0.1, 0.15) is 23.3 Å². The molecule has 16 heavy (non-hydrogen) atoms. The Morgan fingerprint density at radius 2 is 2.19 bits per heavy atom. The molecule has 0 aromatic carbocycles. The zero-order chi connectivity index (χ0) is 12.0. The van der Waals surface area contributed by atoms with Crippen molar-refractivity contribution in [2.75, 3.05) is 6.54 Å². The van der Waals surface area contributed by atoms with Gasteiger partial charge in [-0.05, 0) is 19.0 Å². The van der Waals surface area contributed by atoms with E-state index >= 15 is 0 Å². The second-order valence-corrected chi connectivity index (χ2v) is 4.30. The van der Waals surface area contributed by atoms with Gasteiger partial charge in [0.05, 0.1) is 5.56 Å². The van der Waals surface area contributed by atoms with Gasteiger partial charge in [-0.3, -0.25) is 0 Å². The first-order valence-electron chi connectivity index (χ1n) is 4.76. The molecule has 0 spiro atoms. The Kier molecular flexibility index (Phi) is 4.77. The molecule has 0 radical (unpaired) electrons. The van der Waals surface area contributed by atoms with Crippen molar-refractivity contribution >= 4 is 11.3 Å². The van der Waals surface area contributed by atoms with Gasteiger partial charge in [-0.25, -0.2) is 0 Å². The summed E-state index contributed by atoms with van der Waals surface area (Å²) < 4.78 is 35.4. The van der Waals surface area contributed by atoms with Gasteiger partial charge in [0.2, 0.25) is 0 Å². The maximum atomic E-state index is 11.8. The van der Waals surface area contributed by atoms with E-state index in [0.717, 1.165) is 4.88 Å². The lowest BCUT2D eigenvalue weighted by Gasteiger charge is -2.06. The zero-order valence-electron chi connectivity index (χ0n) is 8.47. The first kappa shape index (κ1) is 13.0. The van der Waals surface area contributed by atoms with Crippen LogP contribution < -0.4 is 5.32 Å². The number of nitrogens with zero attached hydrogens (tertiary/aromatic N) is 1. The van der Waals surface area contributed by atoms with E-state index in [1.54, 1.807) is 11.4 Å². The van der Waals surface area contributed by atoms with Gasteiger partial charge >= 0.3 is 6.18 Å². The van der Waals surface area contributed by atoms with E-state index in [4.69, 9.17) is 5.26 Å². The number of halogens is 3. The average molecular weight is 248 g/mol. The molecule has 0 bridgehead atoms. The molecular formula is C10H11F3N2S. The van der Waals surface area contributed by atoms with Crippen molar-refractivity contribution < 1.29 is 13.2 Å². The summed E-state index contributed by atoms with van der Waals surface area (Å²) >= 11 is 1.43. The largest absolute Gasteiger partial charge is 0.389 e. The van der Waals surface area contributed by atoms with Gasteiger partial charge in [-0.15, -0.1) is 11.3 Å². The first-order valence-corrected chi connectivity index (χ1v) is 5.64. The van der Waals surface area contributed by atoms with Gasteiger partial charge in [-0.1, -0.05) is 0 Å². The molecular weight excluding hydrogens is 237 g/mol. The van der Waals surface area contributed by atoms with Crippen LogP contribution in [0.2, 0.25) is 0 Å². The Hall–Kier alpha value is -1.06. The van der Waals surface area contributed by atoms with Crippen LogP contribution in [-0.4, -0.2) is 12.7 Å². The number of nitriles is 1. The van der Waals surface area contributed by atoms with E-state index in [9.17, 15) is 13.2 Å². The van der Waals surface area contributed by atoms with Crippen molar-refractivity contribution in [3.05, 3.63) is 21.9 Å². The van der Waals surface area contributed by atoms with Gasteiger partial charge in [0, 0.05) is 23.2 Å². The van der Waals surface area contributed by atoms with Gasteiger partial charge in [-0.2, -0.15) is 18.4 Å². The molecule has 0 saturated carbocycles. The maximum absolute atomic E-state index is 11.8. The zero-order valence-corrected chi connectivity index (χ0v) is 9.29. The smallest absolute Gasteiger partial charge is 0.312 e. The minimum Gasteiger partial charge on any atom is -0.312 e. The van der Waals surface area contributed by atoms with Crippen molar-refractivity contribution in [2.24, 2.45) is 0 Å². The lowest BCUT2D eigenvalue weighted by molar-refractivity contribution is -0.135. The highest BCUT2D eigenvalue weighted by molar-refractivity contribution is 7.10. The van der Waals surface area contributed by atoms with Crippen LogP contribution in [0.4, 0.5) is 13.2 Å². The number of thiophene rings is 1. The Bertz CT molecular complexity index is 365. The Balaban J connectivity index is 2.14. The van der Waals surface area contributed by atoms with Gasteiger partial charge in [0.25, 0.3) is 0 Å². The van der Waals surface area contributed by atoms with Gasteiger partial charge < -0.3 is 5.32 Å². The molecule has 1 aromatic rings. The molecule has 0 fully saturated rings. The summed E-state index contributed by atoms with van der Waals surface area (Å²) in [4.78, 5) is 0.962. The van der Waals surface area contributed by atoms with Crippen LogP contribution in [0, 0.1) is 11.3 Å². The molecule has 0 saturated heterocycles. The summed E-state index contributed by atoms with van der Waals surface area (Å²) in [6, 6.07) is 3.74. The summed E-state index contributed by atoms with van der Waals surface area (Å²) in [6.07, 6.45) is -4.74. The van der Waals surface area contributed by atoms with Crippen molar-refractivity contribution in [1.82, 2.24) is 5.32 Å². The maximum Gasteiger partial charge on any atom is 0.389 e. The SMILES string of the molecule is N#Cc1csc(CNCCCC(F)(F)F)c1. The molecule has 0 aliphatic rings. The van der Waals surface area contributed by atoms with E-state index in [1.165, 1.54) is 11.3 Å². The molecule has 0 aliphatic carbocycles. The first-order chi connectivity index (χ1) is 7.51. The van der Waals surface area contributed by atoms with Crippen LogP contribution in [0.15, 0.2) is 11.4 Å². The third kappa shape index (κ3) is 5.14. The Labute approximate surface area is 95.7 Å². The number of rotatable bonds is 5. The van der Waals surface area contributed by atoms with E-state index in [1.807, 2.05) is 6.07 Å². The van der Waals surface area contributed by atoms with Crippen LogP contribution in [-0.2, 0) is 6.54 Å². The summed E-state index contributed by atoms with van der Waals surface area (Å²) in [7, 11) is 0. The standard InChI is InChI=1S/C10H11F3N2S/c11-10(12,13)2-1-3-15-6-9-4-8(5-14)7-16-9/h4,7,15H,1-3,6H2. The van der Waals surface area contributed by atoms with Crippen LogP contribution in [0.25, 0.3) is 0 Å². The molecule has 0 amide bonds. The summed E-state index contributed by atoms with van der Waals surface area (Å²) in [5, 5.41) is 13.2. The number of nitrogens with one attached hydrogen (secondary N) is 1. The molecule has 1 N–H and O–H groups in total. The predicted octanol–water partition coefficient (Wildman–Crippen LogP) is 3.05. The van der Waals surface area contributed by atoms with Crippen LogP contribution in [0.5, 0.6) is 0 Å². The predicted molar refractivity (Wildman–Crippen MR) is 56.0 cm³/mol. The minimum absolute atomic E-state index is 0.0833. The molecule has 0 atom stereocenters. The fourth-order valence-electron chi connectivity index (χ4n) is 1.16. The van der Waals surface area contributed by atoms with E-state index in [2.05, 4.69) is 5.32 Å². The molecule has 1 heterocycles. The topological polar surface area (TPSA) is 35.8 Å². The fourth-order valence-corrected chi connectivity index (χ4v) is 1.94. The number of hydrogen-bond acceptors (Lipinski definition) is 3. The lowest BCUT2D eigenvalue weighted by Crippen LogP contribution is -2.17. The van der Waals surface area contributed by atoms with Crippen molar-refractivity contribution in [3.8, 4) is 6.07 Å². The fraction of sp³-hybridized carbons (Fsp3) is 0.500. The molecule has 6 heteroatoms. The Morgan fingerprint density at radius 3 is 2.75 bits per heavy atom. The number of alkyl halides is 3. The van der Waals surface area contributed by atoms with E-state index in [-0.39, 0.29) is 6.42 Å². The highest BCUT2D eigenvalue weighted by Gasteiger charge is 2.25. The van der Waals surface area contributed by atoms with E-state index < -0.39 is 12.6 Å². The van der Waals surface area contributed by atoms with Crippen molar-refractivity contribution in [3.63, 3.8) is 0 Å². The minimum atomic E-state index is -4.07.